The van der Waals surface area contributed by atoms with Gasteiger partial charge in [-0.05, 0) is 112 Å². The van der Waals surface area contributed by atoms with E-state index in [4.69, 9.17) is 14.2 Å². The van der Waals surface area contributed by atoms with E-state index in [-0.39, 0.29) is 12.1 Å². The molecule has 0 radical (unpaired) electrons. The Labute approximate surface area is 282 Å². The Morgan fingerprint density at radius 3 is 2.08 bits per heavy atom. The molecular formula is C40H42N2O6. The number of hydrogen-bond donors (Lipinski definition) is 2. The molecule has 8 heteroatoms. The summed E-state index contributed by atoms with van der Waals surface area (Å²) >= 11 is 0. The summed E-state index contributed by atoms with van der Waals surface area (Å²) in [6.07, 6.45) is 7.20. The van der Waals surface area contributed by atoms with Crippen LogP contribution in [0.3, 0.4) is 0 Å². The number of amides is 2. The molecule has 1 fully saturated rings. The number of rotatable bonds is 10. The maximum atomic E-state index is 13.1. The minimum absolute atomic E-state index is 0.00442. The van der Waals surface area contributed by atoms with Gasteiger partial charge in [0.25, 0.3) is 0 Å². The summed E-state index contributed by atoms with van der Waals surface area (Å²) < 4.78 is 17.1. The Morgan fingerprint density at radius 2 is 1.44 bits per heavy atom. The van der Waals surface area contributed by atoms with Crippen molar-refractivity contribution < 1.29 is 28.6 Å². The number of allylic oxidation sites excluding steroid dienone is 1. The lowest BCUT2D eigenvalue weighted by Gasteiger charge is -2.30. The lowest BCUT2D eigenvalue weighted by Crippen LogP contribution is -2.42. The van der Waals surface area contributed by atoms with Gasteiger partial charge >= 0.3 is 12.2 Å². The second kappa shape index (κ2) is 16.0. The molecular weight excluding hydrogens is 604 g/mol. The largest absolute Gasteiger partial charge is 0.457 e. The molecule has 1 aliphatic rings. The first-order valence-corrected chi connectivity index (χ1v) is 16.3. The number of benzene rings is 4. The molecule has 1 saturated carbocycles. The van der Waals surface area contributed by atoms with Crippen LogP contribution in [0, 0.1) is 0 Å². The first-order valence-electron chi connectivity index (χ1n) is 16.3. The van der Waals surface area contributed by atoms with Crippen LogP contribution in [0.25, 0.3) is 17.2 Å². The van der Waals surface area contributed by atoms with E-state index in [1.165, 1.54) is 0 Å². The Morgan fingerprint density at radius 1 is 0.792 bits per heavy atom. The molecule has 0 unspecified atom stereocenters. The molecule has 0 aromatic heterocycles. The van der Waals surface area contributed by atoms with Gasteiger partial charge in [0.05, 0.1) is 5.69 Å². The normalized spacial score (nSPS) is 16.1. The molecule has 1 aliphatic carbocycles. The summed E-state index contributed by atoms with van der Waals surface area (Å²) in [5.74, 6) is 1.38. The van der Waals surface area contributed by atoms with E-state index in [0.29, 0.717) is 54.9 Å². The Hall–Kier alpha value is -5.37. The summed E-state index contributed by atoms with van der Waals surface area (Å²) in [5.41, 5.74) is 4.66. The summed E-state index contributed by atoms with van der Waals surface area (Å²) in [5, 5.41) is 5.91. The number of alkyl carbamates (subject to hydrolysis) is 1. The number of hydrogen-bond acceptors (Lipinski definition) is 6. The maximum Gasteiger partial charge on any atom is 0.411 e. The molecule has 0 saturated heterocycles. The van der Waals surface area contributed by atoms with Crippen LogP contribution in [0.15, 0.2) is 103 Å². The first-order chi connectivity index (χ1) is 23.1. The van der Waals surface area contributed by atoms with Crippen molar-refractivity contribution in [2.45, 2.75) is 70.6 Å². The van der Waals surface area contributed by atoms with Crippen molar-refractivity contribution >= 4 is 30.2 Å². The van der Waals surface area contributed by atoms with Crippen LogP contribution < -0.4 is 15.4 Å². The van der Waals surface area contributed by atoms with E-state index in [9.17, 15) is 14.4 Å². The van der Waals surface area contributed by atoms with Gasteiger partial charge in [0, 0.05) is 17.2 Å². The summed E-state index contributed by atoms with van der Waals surface area (Å²) in [6.45, 7) is 5.51. The zero-order valence-corrected chi connectivity index (χ0v) is 27.6. The molecule has 0 bridgehead atoms. The average Bonchev–Trinajstić information content (AvgIpc) is 3.06. The number of anilines is 1. The molecule has 2 amide bonds. The summed E-state index contributed by atoms with van der Waals surface area (Å²) in [4.78, 5) is 36.1. The third kappa shape index (κ3) is 10.3. The van der Waals surface area contributed by atoms with E-state index in [1.54, 1.807) is 24.3 Å². The van der Waals surface area contributed by atoms with E-state index in [0.717, 1.165) is 28.5 Å². The Balaban J connectivity index is 1.18. The molecule has 4 aromatic rings. The van der Waals surface area contributed by atoms with Crippen LogP contribution in [0.1, 0.15) is 67.9 Å². The molecule has 0 spiro atoms. The minimum Gasteiger partial charge on any atom is -0.457 e. The number of aldehydes is 1. The van der Waals surface area contributed by atoms with Gasteiger partial charge in [0.1, 0.15) is 29.5 Å². The molecule has 4 aromatic carbocycles. The lowest BCUT2D eigenvalue weighted by molar-refractivity contribution is 0.0440. The van der Waals surface area contributed by atoms with Crippen LogP contribution in [-0.4, -0.2) is 36.2 Å². The van der Waals surface area contributed by atoms with Gasteiger partial charge in [-0.25, -0.2) is 9.59 Å². The highest BCUT2D eigenvalue weighted by atomic mass is 16.6. The Kier molecular flexibility index (Phi) is 11.3. The fraction of sp³-hybridized carbons (Fsp3) is 0.275. The van der Waals surface area contributed by atoms with Crippen molar-refractivity contribution in [3.8, 4) is 22.6 Å². The highest BCUT2D eigenvalue weighted by Gasteiger charge is 2.27. The van der Waals surface area contributed by atoms with Crippen molar-refractivity contribution in [3.63, 3.8) is 0 Å². The third-order valence-electron chi connectivity index (χ3n) is 7.87. The average molecular weight is 647 g/mol. The lowest BCUT2D eigenvalue weighted by atomic mass is 9.93. The highest BCUT2D eigenvalue weighted by Crippen LogP contribution is 2.31. The number of carbonyl (C=O) groups excluding carboxylic acids is 3. The highest BCUT2D eigenvalue weighted by molar-refractivity contribution is 5.92. The molecule has 0 heterocycles. The molecule has 5 rings (SSSR count). The van der Waals surface area contributed by atoms with Crippen molar-refractivity contribution in [3.05, 3.63) is 120 Å². The molecule has 8 nitrogen and oxygen atoms in total. The van der Waals surface area contributed by atoms with E-state index in [1.807, 2.05) is 99.6 Å². The second-order valence-corrected chi connectivity index (χ2v) is 12.9. The van der Waals surface area contributed by atoms with Crippen molar-refractivity contribution in [2.24, 2.45) is 0 Å². The van der Waals surface area contributed by atoms with Gasteiger partial charge in [-0.15, -0.1) is 0 Å². The molecule has 0 atom stereocenters. The SMILES string of the molecule is CC(C)(C)OC(=O)NC1CCC(OC(=O)Nc2cc(C=CCc3ccc(Oc4ccc(C=O)cc4)cc3)ccc2-c2ccccc2)CC1. The monoisotopic (exact) mass is 646 g/mol. The van der Waals surface area contributed by atoms with Crippen molar-refractivity contribution in [2.75, 3.05) is 5.32 Å². The van der Waals surface area contributed by atoms with Gasteiger partial charge in [-0.3, -0.25) is 10.1 Å². The zero-order valence-electron chi connectivity index (χ0n) is 27.6. The van der Waals surface area contributed by atoms with Crippen LogP contribution >= 0.6 is 0 Å². The van der Waals surface area contributed by atoms with Crippen LogP contribution in [0.5, 0.6) is 11.5 Å². The minimum atomic E-state index is -0.550. The van der Waals surface area contributed by atoms with Crippen molar-refractivity contribution in [1.82, 2.24) is 5.32 Å². The summed E-state index contributed by atoms with van der Waals surface area (Å²) in [6, 6.07) is 30.7. The van der Waals surface area contributed by atoms with E-state index >= 15 is 0 Å². The van der Waals surface area contributed by atoms with Gasteiger partial charge in [-0.2, -0.15) is 0 Å². The molecule has 248 valence electrons. The predicted octanol–water partition coefficient (Wildman–Crippen LogP) is 9.60. The van der Waals surface area contributed by atoms with Crippen LogP contribution in [0.2, 0.25) is 0 Å². The third-order valence-corrected chi connectivity index (χ3v) is 7.87. The van der Waals surface area contributed by atoms with Crippen LogP contribution in [0.4, 0.5) is 15.3 Å². The van der Waals surface area contributed by atoms with E-state index in [2.05, 4.69) is 16.7 Å². The maximum absolute atomic E-state index is 13.1. The van der Waals surface area contributed by atoms with Gasteiger partial charge in [-0.1, -0.05) is 66.7 Å². The van der Waals surface area contributed by atoms with Gasteiger partial charge < -0.3 is 19.5 Å². The standard InChI is InChI=1S/C40H42N2O6/c1-40(2,3)48-39(45)41-32-17-23-35(24-18-32)47-38(44)42-37-26-29(16-25-36(37)31-10-5-4-6-11-31)9-7-8-28-12-19-33(20-13-28)46-34-21-14-30(27-43)15-22-34/h4-7,9-16,19-22,25-27,32,35H,8,17-18,23-24H2,1-3H3,(H,41,45)(H,42,44). The smallest absolute Gasteiger partial charge is 0.411 e. The van der Waals surface area contributed by atoms with Crippen molar-refractivity contribution in [1.29, 1.82) is 0 Å². The zero-order chi connectivity index (χ0) is 33.9. The van der Waals surface area contributed by atoms with Gasteiger partial charge in [0.15, 0.2) is 0 Å². The van der Waals surface area contributed by atoms with Crippen LogP contribution in [-0.2, 0) is 15.9 Å². The Bertz CT molecular complexity index is 1700. The molecule has 2 N–H and O–H groups in total. The fourth-order valence-corrected chi connectivity index (χ4v) is 5.50. The molecule has 48 heavy (non-hydrogen) atoms. The number of nitrogens with one attached hydrogen (secondary N) is 2. The fourth-order valence-electron chi connectivity index (χ4n) is 5.50. The van der Waals surface area contributed by atoms with Gasteiger partial charge in [0.2, 0.25) is 0 Å². The van der Waals surface area contributed by atoms with E-state index < -0.39 is 17.8 Å². The number of ether oxygens (including phenoxy) is 3. The quantitative estimate of drug-likeness (QED) is 0.166. The summed E-state index contributed by atoms with van der Waals surface area (Å²) in [7, 11) is 0. The molecule has 0 aliphatic heterocycles. The predicted molar refractivity (Wildman–Crippen MR) is 188 cm³/mol. The number of carbonyl (C=O) groups is 3. The topological polar surface area (TPSA) is 103 Å². The second-order valence-electron chi connectivity index (χ2n) is 12.9. The first kappa shape index (κ1) is 34.0.